The molecule has 4 nitrogen and oxygen atoms in total. The smallest absolute Gasteiger partial charge is 0.242 e. The Kier molecular flexibility index (Phi) is 4.21. The van der Waals surface area contributed by atoms with E-state index in [0.29, 0.717) is 0 Å². The molecule has 0 radical (unpaired) electrons. The number of halogens is 1. The molecular weight excluding hydrogens is 226 g/mol. The first-order chi connectivity index (χ1) is 7.04. The van der Waals surface area contributed by atoms with Crippen molar-refractivity contribution < 1.29 is 4.79 Å². The first-order valence-electron chi connectivity index (χ1n) is 5.90. The van der Waals surface area contributed by atoms with Gasteiger partial charge in [0.2, 0.25) is 5.91 Å². The van der Waals surface area contributed by atoms with Crippen molar-refractivity contribution in [1.82, 2.24) is 4.90 Å². The average Bonchev–Trinajstić information content (AvgIpc) is 2.77. The van der Waals surface area contributed by atoms with Crippen molar-refractivity contribution >= 4 is 18.3 Å². The predicted molar refractivity (Wildman–Crippen MR) is 66.4 cm³/mol. The number of hydrogen-bond acceptors (Lipinski definition) is 3. The first-order valence-corrected chi connectivity index (χ1v) is 5.90. The van der Waals surface area contributed by atoms with Crippen LogP contribution in [0.3, 0.4) is 0 Å². The van der Waals surface area contributed by atoms with Crippen molar-refractivity contribution in [2.24, 2.45) is 11.5 Å². The number of nitrogens with two attached hydrogens (primary N) is 2. The van der Waals surface area contributed by atoms with Crippen LogP contribution in [0.5, 0.6) is 0 Å². The molecule has 0 aromatic heterocycles. The van der Waals surface area contributed by atoms with Crippen molar-refractivity contribution in [3.63, 3.8) is 0 Å². The zero-order valence-corrected chi connectivity index (χ0v) is 10.6. The maximum absolute atomic E-state index is 12.3. The zero-order chi connectivity index (χ0) is 11.1. The molecule has 1 aliphatic carbocycles. The van der Waals surface area contributed by atoms with E-state index in [0.717, 1.165) is 38.6 Å². The minimum Gasteiger partial charge on any atom is -0.337 e. The Morgan fingerprint density at radius 1 is 1.38 bits per heavy atom. The van der Waals surface area contributed by atoms with Crippen LogP contribution in [0, 0.1) is 0 Å². The molecule has 0 spiro atoms. The van der Waals surface area contributed by atoms with Gasteiger partial charge in [0, 0.05) is 18.6 Å². The van der Waals surface area contributed by atoms with Gasteiger partial charge in [-0.3, -0.25) is 4.79 Å². The lowest BCUT2D eigenvalue weighted by atomic mass is 9.97. The highest BCUT2D eigenvalue weighted by atomic mass is 35.5. The molecule has 2 aliphatic rings. The molecule has 0 aromatic carbocycles. The molecule has 0 bridgehead atoms. The summed E-state index contributed by atoms with van der Waals surface area (Å²) in [6, 6.07) is 0.275. The Bertz CT molecular complexity index is 266. The monoisotopic (exact) mass is 247 g/mol. The third-order valence-electron chi connectivity index (χ3n) is 4.00. The Morgan fingerprint density at radius 3 is 2.38 bits per heavy atom. The largest absolute Gasteiger partial charge is 0.337 e. The molecule has 94 valence electrons. The fraction of sp³-hybridized carbons (Fsp3) is 0.909. The van der Waals surface area contributed by atoms with Gasteiger partial charge in [0.05, 0.1) is 5.54 Å². The maximum Gasteiger partial charge on any atom is 0.242 e. The second-order valence-corrected chi connectivity index (χ2v) is 5.05. The minimum absolute atomic E-state index is 0. The summed E-state index contributed by atoms with van der Waals surface area (Å²) in [7, 11) is 0. The van der Waals surface area contributed by atoms with Crippen LogP contribution < -0.4 is 11.5 Å². The molecule has 2 unspecified atom stereocenters. The van der Waals surface area contributed by atoms with E-state index in [9.17, 15) is 4.79 Å². The molecule has 4 N–H and O–H groups in total. The molecule has 2 atom stereocenters. The summed E-state index contributed by atoms with van der Waals surface area (Å²) >= 11 is 0. The first kappa shape index (κ1) is 13.7. The summed E-state index contributed by atoms with van der Waals surface area (Å²) in [5, 5.41) is 0. The van der Waals surface area contributed by atoms with Crippen molar-refractivity contribution in [2.75, 3.05) is 6.54 Å². The second-order valence-electron chi connectivity index (χ2n) is 5.05. The summed E-state index contributed by atoms with van der Waals surface area (Å²) in [6.45, 7) is 2.80. The van der Waals surface area contributed by atoms with Crippen LogP contribution in [0.15, 0.2) is 0 Å². The number of amides is 1. The Labute approximate surface area is 103 Å². The maximum atomic E-state index is 12.3. The van der Waals surface area contributed by atoms with E-state index >= 15 is 0 Å². The molecule has 0 aromatic rings. The van der Waals surface area contributed by atoms with Gasteiger partial charge in [-0.05, 0) is 26.2 Å². The number of nitrogens with zero attached hydrogens (tertiary/aromatic N) is 1. The lowest BCUT2D eigenvalue weighted by Crippen LogP contribution is -2.55. The highest BCUT2D eigenvalue weighted by molar-refractivity contribution is 5.87. The lowest BCUT2D eigenvalue weighted by molar-refractivity contribution is -0.137. The van der Waals surface area contributed by atoms with Gasteiger partial charge >= 0.3 is 0 Å². The molecule has 1 amide bonds. The van der Waals surface area contributed by atoms with E-state index in [4.69, 9.17) is 11.5 Å². The number of carbonyl (C=O) groups is 1. The number of carbonyl (C=O) groups excluding carboxylic acids is 1. The molecule has 1 heterocycles. The van der Waals surface area contributed by atoms with Crippen LogP contribution in [0.25, 0.3) is 0 Å². The third kappa shape index (κ3) is 2.19. The normalized spacial score (nSPS) is 32.6. The van der Waals surface area contributed by atoms with E-state index in [-0.39, 0.29) is 30.4 Å². The van der Waals surface area contributed by atoms with Crippen molar-refractivity contribution in [3.05, 3.63) is 0 Å². The van der Waals surface area contributed by atoms with Gasteiger partial charge < -0.3 is 16.4 Å². The molecule has 1 saturated heterocycles. The minimum atomic E-state index is -0.585. The van der Waals surface area contributed by atoms with Gasteiger partial charge in [0.15, 0.2) is 0 Å². The average molecular weight is 248 g/mol. The fourth-order valence-corrected chi connectivity index (χ4v) is 2.76. The topological polar surface area (TPSA) is 72.3 Å². The van der Waals surface area contributed by atoms with Gasteiger partial charge in [-0.15, -0.1) is 12.4 Å². The van der Waals surface area contributed by atoms with E-state index in [1.807, 2.05) is 11.8 Å². The SMILES string of the molecule is CC1C(N)CCN1C(=O)C1(N)CCCC1.Cl. The zero-order valence-electron chi connectivity index (χ0n) is 9.82. The molecule has 5 heteroatoms. The molecule has 1 aliphatic heterocycles. The molecule has 16 heavy (non-hydrogen) atoms. The van der Waals surface area contributed by atoms with Crippen LogP contribution in [0.2, 0.25) is 0 Å². The van der Waals surface area contributed by atoms with E-state index in [2.05, 4.69) is 0 Å². The van der Waals surface area contributed by atoms with Gasteiger partial charge in [-0.1, -0.05) is 12.8 Å². The van der Waals surface area contributed by atoms with Crippen molar-refractivity contribution in [3.8, 4) is 0 Å². The van der Waals surface area contributed by atoms with Crippen LogP contribution in [-0.4, -0.2) is 35.0 Å². The summed E-state index contributed by atoms with van der Waals surface area (Å²) < 4.78 is 0. The summed E-state index contributed by atoms with van der Waals surface area (Å²) in [5.41, 5.74) is 11.5. The molecule has 1 saturated carbocycles. The van der Waals surface area contributed by atoms with Crippen LogP contribution in [0.4, 0.5) is 0 Å². The van der Waals surface area contributed by atoms with Crippen LogP contribution in [-0.2, 0) is 4.79 Å². The van der Waals surface area contributed by atoms with Gasteiger partial charge in [-0.2, -0.15) is 0 Å². The van der Waals surface area contributed by atoms with Gasteiger partial charge in [0.1, 0.15) is 0 Å². The highest BCUT2D eigenvalue weighted by Crippen LogP contribution is 2.31. The summed E-state index contributed by atoms with van der Waals surface area (Å²) in [4.78, 5) is 14.2. The van der Waals surface area contributed by atoms with Crippen molar-refractivity contribution in [2.45, 2.75) is 56.7 Å². The highest BCUT2D eigenvalue weighted by Gasteiger charge is 2.43. The fourth-order valence-electron chi connectivity index (χ4n) is 2.76. The number of hydrogen-bond donors (Lipinski definition) is 2. The summed E-state index contributed by atoms with van der Waals surface area (Å²) in [6.07, 6.45) is 4.74. The molecule has 2 fully saturated rings. The molecule has 2 rings (SSSR count). The standard InChI is InChI=1S/C11H21N3O.ClH/c1-8-9(12)4-7-14(8)10(15)11(13)5-2-3-6-11;/h8-9H,2-7,12-13H2,1H3;1H. The van der Waals surface area contributed by atoms with E-state index < -0.39 is 5.54 Å². The van der Waals surface area contributed by atoms with Gasteiger partial charge in [0.25, 0.3) is 0 Å². The Balaban J connectivity index is 0.00000128. The molecular formula is C11H22ClN3O. The summed E-state index contributed by atoms with van der Waals surface area (Å²) in [5.74, 6) is 0.125. The third-order valence-corrected chi connectivity index (χ3v) is 4.00. The predicted octanol–water partition coefficient (Wildman–Crippen LogP) is 0.628. The van der Waals surface area contributed by atoms with Crippen LogP contribution >= 0.6 is 12.4 Å². The Morgan fingerprint density at radius 2 is 1.94 bits per heavy atom. The van der Waals surface area contributed by atoms with Gasteiger partial charge in [-0.25, -0.2) is 0 Å². The number of likely N-dealkylation sites (tertiary alicyclic amines) is 1. The quantitative estimate of drug-likeness (QED) is 0.714. The van der Waals surface area contributed by atoms with E-state index in [1.54, 1.807) is 0 Å². The second kappa shape index (κ2) is 4.90. The van der Waals surface area contributed by atoms with Crippen LogP contribution in [0.1, 0.15) is 39.0 Å². The lowest BCUT2D eigenvalue weighted by Gasteiger charge is -2.32. The van der Waals surface area contributed by atoms with E-state index in [1.165, 1.54) is 0 Å². The van der Waals surface area contributed by atoms with Crippen molar-refractivity contribution in [1.29, 1.82) is 0 Å². The Hall–Kier alpha value is -0.320. The number of rotatable bonds is 1.